The van der Waals surface area contributed by atoms with Crippen LogP contribution in [0.4, 0.5) is 32.4 Å². The summed E-state index contributed by atoms with van der Waals surface area (Å²) < 4.78 is 66.6. The Kier molecular flexibility index (Phi) is 8.95. The topological polar surface area (TPSA) is 68.4 Å². The normalized spacial score (nSPS) is 11.6. The first-order chi connectivity index (χ1) is 19.4. The first-order valence-corrected chi connectivity index (χ1v) is 12.9. The number of hydrogen-bond acceptors (Lipinski definition) is 2. The lowest BCUT2D eigenvalue weighted by molar-refractivity contribution is -0.137. The third-order valence-electron chi connectivity index (χ3n) is 6.70. The molecule has 1 heterocycles. The highest BCUT2D eigenvalue weighted by Gasteiger charge is 2.30. The van der Waals surface area contributed by atoms with Crippen molar-refractivity contribution in [1.29, 1.82) is 0 Å². The number of anilines is 1. The summed E-state index contributed by atoms with van der Waals surface area (Å²) >= 11 is 0. The van der Waals surface area contributed by atoms with E-state index in [0.29, 0.717) is 18.1 Å². The van der Waals surface area contributed by atoms with E-state index in [4.69, 9.17) is 0 Å². The first-order valence-electron chi connectivity index (χ1n) is 12.9. The molecule has 0 aliphatic rings. The van der Waals surface area contributed by atoms with Crippen molar-refractivity contribution in [3.05, 3.63) is 101 Å². The molecule has 0 spiro atoms. The van der Waals surface area contributed by atoms with Crippen LogP contribution in [-0.2, 0) is 23.9 Å². The standard InChI is InChI=1S/C30H29F5N4O2/c1-19(2)39(29(41)37-27-12-11-23(31)15-25(27)32)18-28(40)38(17-20-7-9-22(10-8-20)30(33,34)35)14-13-21-16-36-26-6-4-3-5-24(21)26/h3-12,15-16,19,36H,13-14,17-18H2,1-2H3,(H,37,41). The first kappa shape index (κ1) is 29.6. The Balaban J connectivity index is 1.54. The van der Waals surface area contributed by atoms with Gasteiger partial charge in [0.2, 0.25) is 5.91 Å². The van der Waals surface area contributed by atoms with Crippen LogP contribution in [0.1, 0.15) is 30.5 Å². The number of amides is 3. The van der Waals surface area contributed by atoms with Gasteiger partial charge in [0.15, 0.2) is 0 Å². The van der Waals surface area contributed by atoms with Crippen LogP contribution in [0.2, 0.25) is 0 Å². The van der Waals surface area contributed by atoms with Gasteiger partial charge in [0.05, 0.1) is 11.3 Å². The number of alkyl halides is 3. The molecule has 2 N–H and O–H groups in total. The molecule has 11 heteroatoms. The van der Waals surface area contributed by atoms with Crippen molar-refractivity contribution in [2.24, 2.45) is 0 Å². The minimum absolute atomic E-state index is 0.0134. The Morgan fingerprint density at radius 3 is 2.34 bits per heavy atom. The quantitative estimate of drug-likeness (QED) is 0.213. The highest BCUT2D eigenvalue weighted by atomic mass is 19.4. The number of rotatable bonds is 9. The number of nitrogens with one attached hydrogen (secondary N) is 2. The van der Waals surface area contributed by atoms with Crippen molar-refractivity contribution in [2.75, 3.05) is 18.4 Å². The van der Waals surface area contributed by atoms with Crippen LogP contribution < -0.4 is 5.32 Å². The van der Waals surface area contributed by atoms with E-state index < -0.39 is 41.4 Å². The molecule has 3 amide bonds. The Hall–Kier alpha value is -4.41. The largest absolute Gasteiger partial charge is 0.416 e. The maximum Gasteiger partial charge on any atom is 0.416 e. The lowest BCUT2D eigenvalue weighted by atomic mass is 10.1. The summed E-state index contributed by atoms with van der Waals surface area (Å²) in [5.41, 5.74) is 1.33. The maximum atomic E-state index is 14.1. The van der Waals surface area contributed by atoms with Crippen LogP contribution >= 0.6 is 0 Å². The summed E-state index contributed by atoms with van der Waals surface area (Å²) in [6, 6.07) is 13.7. The molecule has 216 valence electrons. The molecular formula is C30H29F5N4O2. The molecule has 0 aliphatic carbocycles. The Morgan fingerprint density at radius 1 is 0.976 bits per heavy atom. The number of urea groups is 1. The van der Waals surface area contributed by atoms with E-state index >= 15 is 0 Å². The SMILES string of the molecule is CC(C)N(CC(=O)N(CCc1c[nH]c2ccccc12)Cc1ccc(C(F)(F)F)cc1)C(=O)Nc1ccc(F)cc1F. The smallest absolute Gasteiger partial charge is 0.361 e. The van der Waals surface area contributed by atoms with Crippen molar-refractivity contribution in [3.8, 4) is 0 Å². The van der Waals surface area contributed by atoms with Crippen LogP contribution in [0.5, 0.6) is 0 Å². The van der Waals surface area contributed by atoms with Crippen molar-refractivity contribution >= 4 is 28.5 Å². The molecule has 0 unspecified atom stereocenters. The molecule has 0 radical (unpaired) electrons. The minimum Gasteiger partial charge on any atom is -0.361 e. The van der Waals surface area contributed by atoms with E-state index in [1.807, 2.05) is 30.5 Å². The van der Waals surface area contributed by atoms with E-state index in [0.717, 1.165) is 40.7 Å². The molecule has 0 fully saturated rings. The highest BCUT2D eigenvalue weighted by Crippen LogP contribution is 2.29. The number of halogens is 5. The molecule has 4 rings (SSSR count). The van der Waals surface area contributed by atoms with Gasteiger partial charge in [0.1, 0.15) is 18.2 Å². The lowest BCUT2D eigenvalue weighted by Gasteiger charge is -2.30. The predicted molar refractivity (Wildman–Crippen MR) is 146 cm³/mol. The molecule has 0 aliphatic heterocycles. The van der Waals surface area contributed by atoms with Crippen LogP contribution in [0, 0.1) is 11.6 Å². The monoisotopic (exact) mass is 572 g/mol. The zero-order chi connectivity index (χ0) is 29.7. The van der Waals surface area contributed by atoms with E-state index in [-0.39, 0.29) is 25.3 Å². The number of aromatic nitrogens is 1. The molecule has 1 aromatic heterocycles. The van der Waals surface area contributed by atoms with Crippen molar-refractivity contribution < 1.29 is 31.5 Å². The molecular weight excluding hydrogens is 543 g/mol. The van der Waals surface area contributed by atoms with Crippen LogP contribution in [-0.4, -0.2) is 45.9 Å². The number of benzene rings is 3. The summed E-state index contributed by atoms with van der Waals surface area (Å²) in [5, 5.41) is 3.36. The predicted octanol–water partition coefficient (Wildman–Crippen LogP) is 6.98. The number of para-hydroxylation sites is 1. The fraction of sp³-hybridized carbons (Fsp3) is 0.267. The van der Waals surface area contributed by atoms with Gasteiger partial charge in [-0.25, -0.2) is 13.6 Å². The van der Waals surface area contributed by atoms with E-state index in [2.05, 4.69) is 10.3 Å². The van der Waals surface area contributed by atoms with Crippen molar-refractivity contribution in [2.45, 2.75) is 39.0 Å². The van der Waals surface area contributed by atoms with Gasteiger partial charge in [0, 0.05) is 42.3 Å². The number of aromatic amines is 1. The fourth-order valence-corrected chi connectivity index (χ4v) is 4.42. The summed E-state index contributed by atoms with van der Waals surface area (Å²) in [5.74, 6) is -2.21. The van der Waals surface area contributed by atoms with Crippen molar-refractivity contribution in [1.82, 2.24) is 14.8 Å². The van der Waals surface area contributed by atoms with Crippen LogP contribution in [0.25, 0.3) is 10.9 Å². The van der Waals surface area contributed by atoms with Crippen molar-refractivity contribution in [3.63, 3.8) is 0 Å². The molecule has 0 saturated carbocycles. The number of hydrogen-bond donors (Lipinski definition) is 2. The van der Waals surface area contributed by atoms with Gasteiger partial charge < -0.3 is 20.1 Å². The molecule has 6 nitrogen and oxygen atoms in total. The fourth-order valence-electron chi connectivity index (χ4n) is 4.42. The van der Waals surface area contributed by atoms with Gasteiger partial charge in [-0.05, 0) is 61.7 Å². The highest BCUT2D eigenvalue weighted by molar-refractivity contribution is 5.92. The zero-order valence-corrected chi connectivity index (χ0v) is 22.4. The summed E-state index contributed by atoms with van der Waals surface area (Å²) in [6.07, 6.45) is -2.19. The zero-order valence-electron chi connectivity index (χ0n) is 22.4. The lowest BCUT2D eigenvalue weighted by Crippen LogP contribution is -2.47. The number of fused-ring (bicyclic) bond motifs is 1. The number of H-pyrrole nitrogens is 1. The van der Waals surface area contributed by atoms with Gasteiger partial charge in [-0.1, -0.05) is 30.3 Å². The second-order valence-corrected chi connectivity index (χ2v) is 9.90. The Labute approximate surface area is 233 Å². The van der Waals surface area contributed by atoms with Crippen LogP contribution in [0.3, 0.4) is 0 Å². The molecule has 0 saturated heterocycles. The summed E-state index contributed by atoms with van der Waals surface area (Å²) in [6.45, 7) is 3.22. The summed E-state index contributed by atoms with van der Waals surface area (Å²) in [7, 11) is 0. The van der Waals surface area contributed by atoms with Gasteiger partial charge >= 0.3 is 12.2 Å². The molecule has 4 aromatic rings. The number of carbonyl (C=O) groups excluding carboxylic acids is 2. The Bertz CT molecular complexity index is 1520. The van der Waals surface area contributed by atoms with E-state index in [1.165, 1.54) is 21.9 Å². The van der Waals surface area contributed by atoms with E-state index in [1.54, 1.807) is 13.8 Å². The summed E-state index contributed by atoms with van der Waals surface area (Å²) in [4.78, 5) is 32.4. The molecule has 41 heavy (non-hydrogen) atoms. The Morgan fingerprint density at radius 2 is 1.68 bits per heavy atom. The second kappa shape index (κ2) is 12.4. The average Bonchev–Trinajstić information content (AvgIpc) is 3.33. The number of carbonyl (C=O) groups is 2. The third-order valence-corrected chi connectivity index (χ3v) is 6.70. The number of nitrogens with zero attached hydrogens (tertiary/aromatic N) is 2. The second-order valence-electron chi connectivity index (χ2n) is 9.90. The van der Waals surface area contributed by atoms with Crippen LogP contribution in [0.15, 0.2) is 72.9 Å². The third kappa shape index (κ3) is 7.41. The van der Waals surface area contributed by atoms with Gasteiger partial charge in [-0.15, -0.1) is 0 Å². The van der Waals surface area contributed by atoms with Gasteiger partial charge in [-0.2, -0.15) is 13.2 Å². The molecule has 0 atom stereocenters. The average molecular weight is 573 g/mol. The molecule has 3 aromatic carbocycles. The van der Waals surface area contributed by atoms with Gasteiger partial charge in [-0.3, -0.25) is 4.79 Å². The van der Waals surface area contributed by atoms with E-state index in [9.17, 15) is 31.5 Å². The molecule has 0 bridgehead atoms. The minimum atomic E-state index is -4.49. The van der Waals surface area contributed by atoms with Gasteiger partial charge in [0.25, 0.3) is 0 Å². The maximum absolute atomic E-state index is 14.1.